The number of nitrogens with zero attached hydrogens (tertiary/aromatic N) is 1. The number of methoxy groups -OCH3 is 1. The molecule has 0 aromatic rings. The molecule has 2 rings (SSSR count). The van der Waals surface area contributed by atoms with Crippen molar-refractivity contribution in [1.29, 1.82) is 0 Å². The maximum atomic E-state index is 11.9. The van der Waals surface area contributed by atoms with Gasteiger partial charge in [-0.2, -0.15) is 0 Å². The molecule has 0 aliphatic carbocycles. The molecular weight excluding hydrogens is 242 g/mol. The maximum Gasteiger partial charge on any atom is 0.234 e. The first-order valence-corrected chi connectivity index (χ1v) is 7.49. The average Bonchev–Trinajstić information content (AvgIpc) is 2.62. The van der Waals surface area contributed by atoms with Crippen molar-refractivity contribution < 1.29 is 9.53 Å². The second kappa shape index (κ2) is 7.22. The molecule has 2 unspecified atom stereocenters. The van der Waals surface area contributed by atoms with E-state index < -0.39 is 0 Å². The lowest BCUT2D eigenvalue weighted by atomic mass is 9.97. The Labute approximate surface area is 116 Å². The summed E-state index contributed by atoms with van der Waals surface area (Å²) >= 11 is 0. The molecule has 0 radical (unpaired) electrons. The fourth-order valence-corrected chi connectivity index (χ4v) is 3.50. The van der Waals surface area contributed by atoms with Crippen LogP contribution in [0.3, 0.4) is 0 Å². The van der Waals surface area contributed by atoms with Crippen LogP contribution in [0.25, 0.3) is 0 Å². The molecule has 2 saturated heterocycles. The molecule has 0 spiro atoms. The summed E-state index contributed by atoms with van der Waals surface area (Å²) in [4.78, 5) is 14.3. The molecule has 2 heterocycles. The second-order valence-corrected chi connectivity index (χ2v) is 5.63. The Morgan fingerprint density at radius 1 is 1.32 bits per heavy atom. The summed E-state index contributed by atoms with van der Waals surface area (Å²) in [5, 5.41) is 6.47. The topological polar surface area (TPSA) is 53.6 Å². The van der Waals surface area contributed by atoms with Gasteiger partial charge in [0.15, 0.2) is 0 Å². The van der Waals surface area contributed by atoms with Gasteiger partial charge in [-0.1, -0.05) is 6.92 Å². The SMILES string of the molecule is CCNC1CC2CCC(C1)N2CC(=O)NCCOC. The first kappa shape index (κ1) is 14.8. The molecule has 2 aliphatic rings. The van der Waals surface area contributed by atoms with Gasteiger partial charge in [-0.05, 0) is 32.2 Å². The molecule has 19 heavy (non-hydrogen) atoms. The van der Waals surface area contributed by atoms with E-state index in [1.165, 1.54) is 25.7 Å². The fourth-order valence-electron chi connectivity index (χ4n) is 3.50. The summed E-state index contributed by atoms with van der Waals surface area (Å²) in [5.41, 5.74) is 0. The molecule has 5 nitrogen and oxygen atoms in total. The normalized spacial score (nSPS) is 30.5. The van der Waals surface area contributed by atoms with Gasteiger partial charge < -0.3 is 15.4 Å². The minimum atomic E-state index is 0.135. The number of ether oxygens (including phenoxy) is 1. The summed E-state index contributed by atoms with van der Waals surface area (Å²) in [6.45, 7) is 4.96. The van der Waals surface area contributed by atoms with Crippen molar-refractivity contribution >= 4 is 5.91 Å². The quantitative estimate of drug-likeness (QED) is 0.655. The maximum absolute atomic E-state index is 11.9. The number of rotatable bonds is 7. The van der Waals surface area contributed by atoms with E-state index in [-0.39, 0.29) is 5.91 Å². The summed E-state index contributed by atoms with van der Waals surface area (Å²) < 4.78 is 4.94. The zero-order chi connectivity index (χ0) is 13.7. The van der Waals surface area contributed by atoms with Gasteiger partial charge in [-0.15, -0.1) is 0 Å². The standard InChI is InChI=1S/C14H27N3O2/c1-3-15-11-8-12-4-5-13(9-11)17(12)10-14(18)16-6-7-19-2/h11-13,15H,3-10H2,1-2H3,(H,16,18). The number of fused-ring (bicyclic) bond motifs is 2. The predicted molar refractivity (Wildman–Crippen MR) is 75.1 cm³/mol. The average molecular weight is 269 g/mol. The van der Waals surface area contributed by atoms with Gasteiger partial charge >= 0.3 is 0 Å². The first-order valence-electron chi connectivity index (χ1n) is 7.49. The molecule has 0 aromatic carbocycles. The van der Waals surface area contributed by atoms with Gasteiger partial charge in [0.25, 0.3) is 0 Å². The van der Waals surface area contributed by atoms with Crippen LogP contribution < -0.4 is 10.6 Å². The summed E-state index contributed by atoms with van der Waals surface area (Å²) in [5.74, 6) is 0.135. The lowest BCUT2D eigenvalue weighted by Gasteiger charge is -2.38. The van der Waals surface area contributed by atoms with Crippen LogP contribution in [0.15, 0.2) is 0 Å². The monoisotopic (exact) mass is 269 g/mol. The lowest BCUT2D eigenvalue weighted by molar-refractivity contribution is -0.123. The summed E-state index contributed by atoms with van der Waals surface area (Å²) in [6, 6.07) is 1.84. The number of hydrogen-bond donors (Lipinski definition) is 2. The van der Waals surface area contributed by atoms with Crippen molar-refractivity contribution in [2.24, 2.45) is 0 Å². The van der Waals surface area contributed by atoms with Gasteiger partial charge in [0.2, 0.25) is 5.91 Å². The minimum Gasteiger partial charge on any atom is -0.383 e. The summed E-state index contributed by atoms with van der Waals surface area (Å²) in [6.07, 6.45) is 4.88. The van der Waals surface area contributed by atoms with Crippen LogP contribution in [0.4, 0.5) is 0 Å². The Kier molecular flexibility index (Phi) is 5.60. The second-order valence-electron chi connectivity index (χ2n) is 5.63. The van der Waals surface area contributed by atoms with E-state index in [1.54, 1.807) is 7.11 Å². The van der Waals surface area contributed by atoms with E-state index in [2.05, 4.69) is 22.5 Å². The van der Waals surface area contributed by atoms with E-state index in [0.717, 1.165) is 6.54 Å². The fraction of sp³-hybridized carbons (Fsp3) is 0.929. The van der Waals surface area contributed by atoms with Gasteiger partial charge in [-0.3, -0.25) is 9.69 Å². The van der Waals surface area contributed by atoms with Gasteiger partial charge in [0, 0.05) is 31.8 Å². The molecule has 110 valence electrons. The van der Waals surface area contributed by atoms with Crippen LogP contribution in [-0.4, -0.2) is 62.3 Å². The largest absolute Gasteiger partial charge is 0.383 e. The highest BCUT2D eigenvalue weighted by atomic mass is 16.5. The van der Waals surface area contributed by atoms with Gasteiger partial charge in [-0.25, -0.2) is 0 Å². The number of carbonyl (C=O) groups excluding carboxylic acids is 1. The van der Waals surface area contributed by atoms with E-state index in [4.69, 9.17) is 4.74 Å². The number of hydrogen-bond acceptors (Lipinski definition) is 4. The number of piperidine rings is 1. The zero-order valence-corrected chi connectivity index (χ0v) is 12.2. The summed E-state index contributed by atoms with van der Waals surface area (Å²) in [7, 11) is 1.65. The van der Waals surface area contributed by atoms with E-state index in [1.807, 2.05) is 0 Å². The van der Waals surface area contributed by atoms with Crippen LogP contribution in [0, 0.1) is 0 Å². The minimum absolute atomic E-state index is 0.135. The van der Waals surface area contributed by atoms with E-state index >= 15 is 0 Å². The van der Waals surface area contributed by atoms with Crippen LogP contribution in [0.5, 0.6) is 0 Å². The highest BCUT2D eigenvalue weighted by Gasteiger charge is 2.40. The Bertz CT molecular complexity index is 284. The van der Waals surface area contributed by atoms with Crippen molar-refractivity contribution in [3.05, 3.63) is 0 Å². The molecule has 5 heteroatoms. The predicted octanol–water partition coefficient (Wildman–Crippen LogP) is 0.354. The van der Waals surface area contributed by atoms with Crippen molar-refractivity contribution in [2.45, 2.75) is 50.7 Å². The molecule has 2 bridgehead atoms. The Morgan fingerprint density at radius 3 is 2.58 bits per heavy atom. The number of carbonyl (C=O) groups is 1. The Hall–Kier alpha value is -0.650. The molecule has 2 fully saturated rings. The van der Waals surface area contributed by atoms with Crippen LogP contribution >= 0.6 is 0 Å². The van der Waals surface area contributed by atoms with Crippen LogP contribution in [0.1, 0.15) is 32.6 Å². The van der Waals surface area contributed by atoms with Crippen molar-refractivity contribution in [2.75, 3.05) is 33.4 Å². The number of amides is 1. The third-order valence-electron chi connectivity index (χ3n) is 4.33. The smallest absolute Gasteiger partial charge is 0.234 e. The highest BCUT2D eigenvalue weighted by Crippen LogP contribution is 2.35. The molecule has 2 aliphatic heterocycles. The highest BCUT2D eigenvalue weighted by molar-refractivity contribution is 5.78. The van der Waals surface area contributed by atoms with Gasteiger partial charge in [0.1, 0.15) is 0 Å². The third-order valence-corrected chi connectivity index (χ3v) is 4.33. The molecule has 2 N–H and O–H groups in total. The molecular formula is C14H27N3O2. The third kappa shape index (κ3) is 3.91. The van der Waals surface area contributed by atoms with E-state index in [9.17, 15) is 4.79 Å². The van der Waals surface area contributed by atoms with Crippen LogP contribution in [-0.2, 0) is 9.53 Å². The van der Waals surface area contributed by atoms with Gasteiger partial charge in [0.05, 0.1) is 13.2 Å². The Balaban J connectivity index is 1.78. The first-order chi connectivity index (χ1) is 9.24. The van der Waals surface area contributed by atoms with Crippen molar-refractivity contribution in [3.63, 3.8) is 0 Å². The zero-order valence-electron chi connectivity index (χ0n) is 12.2. The van der Waals surface area contributed by atoms with E-state index in [0.29, 0.717) is 37.8 Å². The molecule has 1 amide bonds. The lowest BCUT2D eigenvalue weighted by Crippen LogP contribution is -2.52. The molecule has 0 aromatic heterocycles. The molecule has 2 atom stereocenters. The Morgan fingerprint density at radius 2 is 2.00 bits per heavy atom. The molecule has 0 saturated carbocycles. The number of nitrogens with one attached hydrogen (secondary N) is 2. The van der Waals surface area contributed by atoms with Crippen LogP contribution in [0.2, 0.25) is 0 Å². The van der Waals surface area contributed by atoms with Crippen molar-refractivity contribution in [1.82, 2.24) is 15.5 Å². The van der Waals surface area contributed by atoms with Crippen molar-refractivity contribution in [3.8, 4) is 0 Å².